The molecule has 2 unspecified atom stereocenters. The molecular formula is C17H27NO. The smallest absolute Gasteiger partial charge is 0.123 e. The molecule has 2 rings (SSSR count). The molecule has 0 bridgehead atoms. The summed E-state index contributed by atoms with van der Waals surface area (Å²) < 4.78 is 6.12. The van der Waals surface area contributed by atoms with Crippen LogP contribution in [0.4, 0.5) is 0 Å². The molecule has 1 aromatic rings. The van der Waals surface area contributed by atoms with E-state index in [0.717, 1.165) is 25.1 Å². The van der Waals surface area contributed by atoms with Crippen LogP contribution < -0.4 is 10.1 Å². The molecule has 19 heavy (non-hydrogen) atoms. The largest absolute Gasteiger partial charge is 0.488 e. The lowest BCUT2D eigenvalue weighted by atomic mass is 9.79. The SMILES string of the molecule is CCCNC(CC)C1CC(C)(C)Oc2ccccc21. The van der Waals surface area contributed by atoms with Gasteiger partial charge in [0.25, 0.3) is 0 Å². The molecule has 0 radical (unpaired) electrons. The molecule has 1 aliphatic heterocycles. The number of rotatable bonds is 5. The maximum absolute atomic E-state index is 6.12. The van der Waals surface area contributed by atoms with E-state index in [1.54, 1.807) is 0 Å². The van der Waals surface area contributed by atoms with Crippen molar-refractivity contribution in [2.45, 2.75) is 64.5 Å². The Morgan fingerprint density at radius 3 is 2.74 bits per heavy atom. The number of nitrogens with one attached hydrogen (secondary N) is 1. The van der Waals surface area contributed by atoms with Crippen LogP contribution in [0.2, 0.25) is 0 Å². The van der Waals surface area contributed by atoms with Crippen LogP contribution >= 0.6 is 0 Å². The van der Waals surface area contributed by atoms with Crippen LogP contribution in [0, 0.1) is 0 Å². The standard InChI is InChI=1S/C17H27NO/c1-5-11-18-15(6-2)14-12-17(3,4)19-16-10-8-7-9-13(14)16/h7-10,14-15,18H,5-6,11-12H2,1-4H3. The second-order valence-corrected chi connectivity index (χ2v) is 6.18. The van der Waals surface area contributed by atoms with Gasteiger partial charge < -0.3 is 10.1 Å². The summed E-state index contributed by atoms with van der Waals surface area (Å²) >= 11 is 0. The molecule has 0 saturated carbocycles. The highest BCUT2D eigenvalue weighted by molar-refractivity contribution is 5.40. The fourth-order valence-corrected chi connectivity index (χ4v) is 3.12. The first-order valence-electron chi connectivity index (χ1n) is 7.58. The Kier molecular flexibility index (Phi) is 4.51. The Balaban J connectivity index is 2.27. The topological polar surface area (TPSA) is 21.3 Å². The highest BCUT2D eigenvalue weighted by Crippen LogP contribution is 2.42. The first-order chi connectivity index (χ1) is 9.07. The average molecular weight is 261 g/mol. The summed E-state index contributed by atoms with van der Waals surface area (Å²) in [5.41, 5.74) is 1.30. The Morgan fingerprint density at radius 2 is 2.05 bits per heavy atom. The van der Waals surface area contributed by atoms with E-state index in [1.165, 1.54) is 12.0 Å². The number of ether oxygens (including phenoxy) is 1. The third-order valence-corrected chi connectivity index (χ3v) is 4.00. The van der Waals surface area contributed by atoms with Crippen molar-refractivity contribution in [2.24, 2.45) is 0 Å². The van der Waals surface area contributed by atoms with Gasteiger partial charge in [-0.05, 0) is 51.3 Å². The molecule has 2 nitrogen and oxygen atoms in total. The number of hydrogen-bond acceptors (Lipinski definition) is 2. The number of benzene rings is 1. The highest BCUT2D eigenvalue weighted by atomic mass is 16.5. The summed E-state index contributed by atoms with van der Waals surface area (Å²) in [6.07, 6.45) is 3.43. The first kappa shape index (κ1) is 14.4. The number of fused-ring (bicyclic) bond motifs is 1. The lowest BCUT2D eigenvalue weighted by Crippen LogP contribution is -2.43. The van der Waals surface area contributed by atoms with E-state index in [1.807, 2.05) is 0 Å². The van der Waals surface area contributed by atoms with Gasteiger partial charge in [-0.2, -0.15) is 0 Å². The molecule has 106 valence electrons. The number of hydrogen-bond donors (Lipinski definition) is 1. The van der Waals surface area contributed by atoms with Gasteiger partial charge in [-0.1, -0.05) is 32.0 Å². The molecule has 2 heteroatoms. The zero-order valence-electron chi connectivity index (χ0n) is 12.7. The fourth-order valence-electron chi connectivity index (χ4n) is 3.12. The van der Waals surface area contributed by atoms with Crippen molar-refractivity contribution in [3.63, 3.8) is 0 Å². The van der Waals surface area contributed by atoms with Crippen LogP contribution in [-0.4, -0.2) is 18.2 Å². The van der Waals surface area contributed by atoms with E-state index in [-0.39, 0.29) is 5.60 Å². The lowest BCUT2D eigenvalue weighted by molar-refractivity contribution is 0.0645. The summed E-state index contributed by atoms with van der Waals surface area (Å²) in [6.45, 7) is 9.99. The fraction of sp³-hybridized carbons (Fsp3) is 0.647. The van der Waals surface area contributed by atoms with Crippen LogP contribution in [0.5, 0.6) is 5.75 Å². The predicted molar refractivity (Wildman–Crippen MR) is 80.9 cm³/mol. The second-order valence-electron chi connectivity index (χ2n) is 6.18. The van der Waals surface area contributed by atoms with Gasteiger partial charge >= 0.3 is 0 Å². The molecule has 0 aromatic heterocycles. The normalized spacial score (nSPS) is 22.4. The van der Waals surface area contributed by atoms with Crippen molar-refractivity contribution in [3.8, 4) is 5.75 Å². The molecule has 0 fully saturated rings. The zero-order chi connectivity index (χ0) is 13.9. The van der Waals surface area contributed by atoms with Gasteiger partial charge in [0.1, 0.15) is 11.4 Å². The lowest BCUT2D eigenvalue weighted by Gasteiger charge is -2.41. The Bertz CT molecular complexity index is 413. The zero-order valence-corrected chi connectivity index (χ0v) is 12.7. The summed E-state index contributed by atoms with van der Waals surface area (Å²) in [4.78, 5) is 0. The maximum Gasteiger partial charge on any atom is 0.123 e. The molecule has 1 aliphatic rings. The number of para-hydroxylation sites is 1. The minimum atomic E-state index is -0.0691. The van der Waals surface area contributed by atoms with Crippen LogP contribution in [0.15, 0.2) is 24.3 Å². The maximum atomic E-state index is 6.12. The molecule has 1 N–H and O–H groups in total. The third kappa shape index (κ3) is 3.30. The highest BCUT2D eigenvalue weighted by Gasteiger charge is 2.36. The van der Waals surface area contributed by atoms with Crippen LogP contribution in [0.1, 0.15) is 58.4 Å². The molecule has 2 atom stereocenters. The summed E-state index contributed by atoms with van der Waals surface area (Å²) in [5, 5.41) is 3.71. The van der Waals surface area contributed by atoms with E-state index in [2.05, 4.69) is 57.3 Å². The minimum Gasteiger partial charge on any atom is -0.488 e. The van der Waals surface area contributed by atoms with Gasteiger partial charge in [0, 0.05) is 12.0 Å². The van der Waals surface area contributed by atoms with Crippen molar-refractivity contribution in [1.29, 1.82) is 0 Å². The van der Waals surface area contributed by atoms with Crippen molar-refractivity contribution in [2.75, 3.05) is 6.54 Å². The summed E-state index contributed by atoms with van der Waals surface area (Å²) in [5.74, 6) is 1.62. The summed E-state index contributed by atoms with van der Waals surface area (Å²) in [7, 11) is 0. The van der Waals surface area contributed by atoms with E-state index >= 15 is 0 Å². The van der Waals surface area contributed by atoms with Crippen molar-refractivity contribution >= 4 is 0 Å². The molecular weight excluding hydrogens is 234 g/mol. The van der Waals surface area contributed by atoms with Crippen LogP contribution in [0.3, 0.4) is 0 Å². The second kappa shape index (κ2) is 5.96. The molecule has 0 spiro atoms. The molecule has 1 heterocycles. The van der Waals surface area contributed by atoms with Gasteiger partial charge in [0.05, 0.1) is 0 Å². The van der Waals surface area contributed by atoms with Gasteiger partial charge in [-0.15, -0.1) is 0 Å². The quantitative estimate of drug-likeness (QED) is 0.861. The minimum absolute atomic E-state index is 0.0691. The van der Waals surface area contributed by atoms with Crippen molar-refractivity contribution in [1.82, 2.24) is 5.32 Å². The molecule has 0 saturated heterocycles. The molecule has 0 aliphatic carbocycles. The molecule has 0 amide bonds. The van der Waals surface area contributed by atoms with Crippen molar-refractivity contribution < 1.29 is 4.74 Å². The van der Waals surface area contributed by atoms with Gasteiger partial charge in [-0.25, -0.2) is 0 Å². The van der Waals surface area contributed by atoms with Gasteiger partial charge in [0.15, 0.2) is 0 Å². The van der Waals surface area contributed by atoms with E-state index in [9.17, 15) is 0 Å². The van der Waals surface area contributed by atoms with E-state index in [0.29, 0.717) is 12.0 Å². The van der Waals surface area contributed by atoms with Crippen LogP contribution in [-0.2, 0) is 0 Å². The summed E-state index contributed by atoms with van der Waals surface area (Å²) in [6, 6.07) is 9.07. The van der Waals surface area contributed by atoms with E-state index < -0.39 is 0 Å². The van der Waals surface area contributed by atoms with Crippen LogP contribution in [0.25, 0.3) is 0 Å². The van der Waals surface area contributed by atoms with E-state index in [4.69, 9.17) is 4.74 Å². The van der Waals surface area contributed by atoms with Gasteiger partial charge in [0.2, 0.25) is 0 Å². The monoisotopic (exact) mass is 261 g/mol. The Hall–Kier alpha value is -1.02. The van der Waals surface area contributed by atoms with Crippen molar-refractivity contribution in [3.05, 3.63) is 29.8 Å². The average Bonchev–Trinajstić information content (AvgIpc) is 2.38. The predicted octanol–water partition coefficient (Wildman–Crippen LogP) is 4.11. The first-order valence-corrected chi connectivity index (χ1v) is 7.58. The van der Waals surface area contributed by atoms with Gasteiger partial charge in [-0.3, -0.25) is 0 Å². The third-order valence-electron chi connectivity index (χ3n) is 4.00. The molecule has 1 aromatic carbocycles. The Labute approximate surface area is 117 Å². The Morgan fingerprint density at radius 1 is 1.32 bits per heavy atom.